The molecule has 1 aliphatic heterocycles. The number of hydrogen-bond acceptors (Lipinski definition) is 4. The molecule has 0 spiro atoms. The number of piperidine rings is 1. The Balaban J connectivity index is 2.34. The molecule has 1 N–H and O–H groups in total. The minimum Gasteiger partial charge on any atom is -0.463 e. The van der Waals surface area contributed by atoms with Gasteiger partial charge in [0.05, 0.1) is 6.61 Å². The lowest BCUT2D eigenvalue weighted by Gasteiger charge is -2.34. The summed E-state index contributed by atoms with van der Waals surface area (Å²) in [7, 11) is 0. The van der Waals surface area contributed by atoms with Crippen molar-refractivity contribution < 1.29 is 14.6 Å². The van der Waals surface area contributed by atoms with Crippen LogP contribution >= 0.6 is 0 Å². The summed E-state index contributed by atoms with van der Waals surface area (Å²) >= 11 is 0. The van der Waals surface area contributed by atoms with Crippen LogP contribution < -0.4 is 0 Å². The van der Waals surface area contributed by atoms with E-state index in [4.69, 9.17) is 9.84 Å². The van der Waals surface area contributed by atoms with Crippen LogP contribution in [0, 0.1) is 0 Å². The van der Waals surface area contributed by atoms with Crippen molar-refractivity contribution in [2.45, 2.75) is 38.6 Å². The van der Waals surface area contributed by atoms with Gasteiger partial charge in [0.25, 0.3) is 0 Å². The van der Waals surface area contributed by atoms with E-state index in [9.17, 15) is 4.79 Å². The molecule has 0 aromatic carbocycles. The van der Waals surface area contributed by atoms with Crippen LogP contribution in [0.3, 0.4) is 0 Å². The van der Waals surface area contributed by atoms with E-state index in [1.54, 1.807) is 6.92 Å². The van der Waals surface area contributed by atoms with Crippen LogP contribution in [0.1, 0.15) is 32.6 Å². The number of nitrogens with zero attached hydrogens (tertiary/aromatic N) is 1. The van der Waals surface area contributed by atoms with Gasteiger partial charge in [-0.05, 0) is 32.7 Å². The molecule has 1 rings (SSSR count). The van der Waals surface area contributed by atoms with Crippen molar-refractivity contribution in [1.82, 2.24) is 4.90 Å². The number of hydrogen-bond donors (Lipinski definition) is 1. The SMILES string of the molecule is CCOC(=O)C=CCN1CCCCC1CCO. The summed E-state index contributed by atoms with van der Waals surface area (Å²) in [6.45, 7) is 4.28. The quantitative estimate of drug-likeness (QED) is 0.563. The third-order valence-corrected chi connectivity index (χ3v) is 3.09. The van der Waals surface area contributed by atoms with E-state index < -0.39 is 0 Å². The van der Waals surface area contributed by atoms with Gasteiger partial charge in [0.15, 0.2) is 0 Å². The Kier molecular flexibility index (Phi) is 6.89. The largest absolute Gasteiger partial charge is 0.463 e. The molecule has 0 bridgehead atoms. The first-order valence-corrected chi connectivity index (χ1v) is 6.46. The van der Waals surface area contributed by atoms with Crippen molar-refractivity contribution in [2.24, 2.45) is 0 Å². The topological polar surface area (TPSA) is 49.8 Å². The summed E-state index contributed by atoms with van der Waals surface area (Å²) < 4.78 is 4.82. The van der Waals surface area contributed by atoms with Gasteiger partial charge in [0.2, 0.25) is 0 Å². The van der Waals surface area contributed by atoms with Gasteiger partial charge in [-0.15, -0.1) is 0 Å². The molecule has 98 valence electrons. The Labute approximate surface area is 103 Å². The monoisotopic (exact) mass is 241 g/mol. The van der Waals surface area contributed by atoms with Gasteiger partial charge >= 0.3 is 5.97 Å². The van der Waals surface area contributed by atoms with E-state index in [2.05, 4.69) is 4.90 Å². The van der Waals surface area contributed by atoms with Crippen molar-refractivity contribution in [3.63, 3.8) is 0 Å². The fourth-order valence-electron chi connectivity index (χ4n) is 2.25. The molecule has 4 heteroatoms. The van der Waals surface area contributed by atoms with Crippen molar-refractivity contribution in [2.75, 3.05) is 26.3 Å². The molecular weight excluding hydrogens is 218 g/mol. The van der Waals surface area contributed by atoms with Gasteiger partial charge in [-0.1, -0.05) is 12.5 Å². The zero-order chi connectivity index (χ0) is 12.5. The highest BCUT2D eigenvalue weighted by molar-refractivity contribution is 5.81. The Morgan fingerprint density at radius 3 is 3.06 bits per heavy atom. The maximum Gasteiger partial charge on any atom is 0.330 e. The summed E-state index contributed by atoms with van der Waals surface area (Å²) in [5, 5.41) is 9.00. The summed E-state index contributed by atoms with van der Waals surface area (Å²) in [5.74, 6) is -0.275. The van der Waals surface area contributed by atoms with Gasteiger partial charge in [-0.2, -0.15) is 0 Å². The summed E-state index contributed by atoms with van der Waals surface area (Å²) in [4.78, 5) is 13.5. The average molecular weight is 241 g/mol. The predicted molar refractivity (Wildman–Crippen MR) is 66.7 cm³/mol. The number of rotatable bonds is 6. The van der Waals surface area contributed by atoms with Gasteiger partial charge in [-0.25, -0.2) is 4.79 Å². The third kappa shape index (κ3) is 5.33. The molecule has 1 saturated heterocycles. The van der Waals surface area contributed by atoms with Crippen molar-refractivity contribution >= 4 is 5.97 Å². The number of aliphatic hydroxyl groups is 1. The van der Waals surface area contributed by atoms with Gasteiger partial charge in [-0.3, -0.25) is 4.90 Å². The van der Waals surface area contributed by atoms with E-state index in [-0.39, 0.29) is 12.6 Å². The lowest BCUT2D eigenvalue weighted by molar-refractivity contribution is -0.137. The minimum absolute atomic E-state index is 0.239. The van der Waals surface area contributed by atoms with E-state index in [0.717, 1.165) is 25.9 Å². The second-order valence-electron chi connectivity index (χ2n) is 4.31. The summed E-state index contributed by atoms with van der Waals surface area (Å²) in [6, 6.07) is 0.459. The first kappa shape index (κ1) is 14.2. The maximum absolute atomic E-state index is 11.1. The molecule has 0 aromatic rings. The summed E-state index contributed by atoms with van der Waals surface area (Å²) in [6.07, 6.45) is 7.76. The van der Waals surface area contributed by atoms with Crippen LogP contribution in [0.15, 0.2) is 12.2 Å². The van der Waals surface area contributed by atoms with Crippen LogP contribution in [-0.2, 0) is 9.53 Å². The lowest BCUT2D eigenvalue weighted by atomic mass is 10.00. The highest BCUT2D eigenvalue weighted by Gasteiger charge is 2.20. The molecule has 17 heavy (non-hydrogen) atoms. The Morgan fingerprint density at radius 2 is 2.35 bits per heavy atom. The average Bonchev–Trinajstić information content (AvgIpc) is 2.32. The number of ether oxygens (including phenoxy) is 1. The van der Waals surface area contributed by atoms with E-state index in [1.165, 1.54) is 18.9 Å². The van der Waals surface area contributed by atoms with E-state index >= 15 is 0 Å². The smallest absolute Gasteiger partial charge is 0.330 e. The number of esters is 1. The molecule has 0 amide bonds. The standard InChI is InChI=1S/C13H23NO3/c1-2-17-13(16)7-5-10-14-9-4-3-6-12(14)8-11-15/h5,7,12,15H,2-4,6,8-11H2,1H3. The fraction of sp³-hybridized carbons (Fsp3) is 0.769. The number of aliphatic hydroxyl groups excluding tert-OH is 1. The second-order valence-corrected chi connectivity index (χ2v) is 4.31. The molecule has 0 aromatic heterocycles. The second kappa shape index (κ2) is 8.25. The zero-order valence-electron chi connectivity index (χ0n) is 10.6. The van der Waals surface area contributed by atoms with Crippen molar-refractivity contribution in [3.8, 4) is 0 Å². The molecule has 0 saturated carbocycles. The highest BCUT2D eigenvalue weighted by atomic mass is 16.5. The number of carbonyl (C=O) groups is 1. The van der Waals surface area contributed by atoms with Crippen LogP contribution in [0.5, 0.6) is 0 Å². The van der Waals surface area contributed by atoms with Gasteiger partial charge in [0.1, 0.15) is 0 Å². The van der Waals surface area contributed by atoms with Crippen molar-refractivity contribution in [1.29, 1.82) is 0 Å². The molecule has 1 heterocycles. The maximum atomic E-state index is 11.1. The van der Waals surface area contributed by atoms with E-state index in [1.807, 2.05) is 6.08 Å². The van der Waals surface area contributed by atoms with Gasteiger partial charge < -0.3 is 9.84 Å². The molecule has 0 radical (unpaired) electrons. The summed E-state index contributed by atoms with van der Waals surface area (Å²) in [5.41, 5.74) is 0. The number of likely N-dealkylation sites (tertiary alicyclic amines) is 1. The molecule has 0 aliphatic carbocycles. The number of carbonyl (C=O) groups excluding carboxylic acids is 1. The van der Waals surface area contributed by atoms with Crippen LogP contribution in [0.25, 0.3) is 0 Å². The first-order chi connectivity index (χ1) is 8.27. The first-order valence-electron chi connectivity index (χ1n) is 6.46. The zero-order valence-corrected chi connectivity index (χ0v) is 10.6. The Hall–Kier alpha value is -0.870. The fourth-order valence-corrected chi connectivity index (χ4v) is 2.25. The molecule has 1 aliphatic rings. The highest BCUT2D eigenvalue weighted by Crippen LogP contribution is 2.18. The Morgan fingerprint density at radius 1 is 1.53 bits per heavy atom. The molecular formula is C13H23NO3. The normalized spacial score (nSPS) is 21.9. The molecule has 4 nitrogen and oxygen atoms in total. The predicted octanol–water partition coefficient (Wildman–Crippen LogP) is 1.34. The molecule has 1 atom stereocenters. The van der Waals surface area contributed by atoms with Crippen LogP contribution in [-0.4, -0.2) is 48.3 Å². The third-order valence-electron chi connectivity index (χ3n) is 3.09. The van der Waals surface area contributed by atoms with Crippen LogP contribution in [0.4, 0.5) is 0 Å². The molecule has 1 unspecified atom stereocenters. The lowest BCUT2D eigenvalue weighted by Crippen LogP contribution is -2.40. The van der Waals surface area contributed by atoms with Gasteiger partial charge in [0, 0.05) is 25.3 Å². The molecule has 1 fully saturated rings. The van der Waals surface area contributed by atoms with E-state index in [0.29, 0.717) is 12.6 Å². The minimum atomic E-state index is -0.275. The van der Waals surface area contributed by atoms with Crippen LogP contribution in [0.2, 0.25) is 0 Å². The van der Waals surface area contributed by atoms with Crippen molar-refractivity contribution in [3.05, 3.63) is 12.2 Å². The Bertz CT molecular complexity index is 251.